The third-order valence-electron chi connectivity index (χ3n) is 5.81. The van der Waals surface area contributed by atoms with Crippen LogP contribution in [-0.4, -0.2) is 23.6 Å². The first kappa shape index (κ1) is 19.3. The van der Waals surface area contributed by atoms with Crippen molar-refractivity contribution in [3.63, 3.8) is 0 Å². The summed E-state index contributed by atoms with van der Waals surface area (Å²) in [6, 6.07) is 19.8. The van der Waals surface area contributed by atoms with Gasteiger partial charge in [-0.05, 0) is 36.8 Å². The van der Waals surface area contributed by atoms with Crippen LogP contribution in [0.5, 0.6) is 11.5 Å². The van der Waals surface area contributed by atoms with E-state index in [-0.39, 0.29) is 19.0 Å². The second kappa shape index (κ2) is 7.25. The molecule has 2 aliphatic heterocycles. The minimum absolute atomic E-state index is 0.108. The number of carbonyl (C=O) groups excluding carboxylic acids is 2. The number of fused-ring (bicyclic) bond motifs is 2. The second-order valence-corrected chi connectivity index (χ2v) is 7.92. The number of hydrogen-bond acceptors (Lipinski definition) is 5. The summed E-state index contributed by atoms with van der Waals surface area (Å²) < 4.78 is 10.6. The Balaban J connectivity index is 1.45. The van der Waals surface area contributed by atoms with Gasteiger partial charge in [0.05, 0.1) is 18.7 Å². The largest absolute Gasteiger partial charge is 0.454 e. The normalized spacial score (nSPS) is 18.9. The van der Waals surface area contributed by atoms with E-state index in [1.165, 1.54) is 0 Å². The Morgan fingerprint density at radius 3 is 2.58 bits per heavy atom. The summed E-state index contributed by atoms with van der Waals surface area (Å²) in [5.41, 5.74) is 1.58. The third kappa shape index (κ3) is 3.25. The summed E-state index contributed by atoms with van der Waals surface area (Å²) >= 11 is 0. The Morgan fingerprint density at radius 1 is 1.03 bits per heavy atom. The van der Waals surface area contributed by atoms with Crippen molar-refractivity contribution in [2.45, 2.75) is 25.5 Å². The Hall–Kier alpha value is -3.64. The number of aliphatic hydroxyl groups is 1. The van der Waals surface area contributed by atoms with Crippen molar-refractivity contribution in [1.29, 1.82) is 0 Å². The highest BCUT2D eigenvalue weighted by Gasteiger charge is 2.50. The average Bonchev–Trinajstić information content (AvgIpc) is 3.32. The minimum Gasteiger partial charge on any atom is -0.454 e. The number of carbonyl (C=O) groups is 2. The zero-order chi connectivity index (χ0) is 21.6. The third-order valence-corrected chi connectivity index (χ3v) is 5.81. The van der Waals surface area contributed by atoms with Crippen LogP contribution in [0.15, 0.2) is 66.7 Å². The highest BCUT2D eigenvalue weighted by Crippen LogP contribution is 2.44. The Morgan fingerprint density at radius 2 is 1.77 bits per heavy atom. The van der Waals surface area contributed by atoms with Gasteiger partial charge in [-0.25, -0.2) is 0 Å². The van der Waals surface area contributed by atoms with Crippen LogP contribution < -0.4 is 14.4 Å². The molecular weight excluding hydrogens is 394 g/mol. The number of benzene rings is 3. The molecule has 0 unspecified atom stereocenters. The predicted molar refractivity (Wildman–Crippen MR) is 114 cm³/mol. The van der Waals surface area contributed by atoms with Gasteiger partial charge in [-0.2, -0.15) is 0 Å². The van der Waals surface area contributed by atoms with E-state index < -0.39 is 11.5 Å². The number of hydrogen-bond donors (Lipinski definition) is 1. The molecule has 6 heteroatoms. The number of aryl methyl sites for hydroxylation is 1. The van der Waals surface area contributed by atoms with Crippen LogP contribution in [-0.2, 0) is 16.9 Å². The van der Waals surface area contributed by atoms with E-state index in [4.69, 9.17) is 9.47 Å². The predicted octanol–water partition coefficient (Wildman–Crippen LogP) is 3.73. The van der Waals surface area contributed by atoms with Crippen molar-refractivity contribution in [3.05, 3.63) is 89.0 Å². The summed E-state index contributed by atoms with van der Waals surface area (Å²) in [6.07, 6.45) is -0.354. The van der Waals surface area contributed by atoms with Crippen molar-refractivity contribution in [2.24, 2.45) is 0 Å². The van der Waals surface area contributed by atoms with Crippen molar-refractivity contribution in [1.82, 2.24) is 0 Å². The molecule has 0 aliphatic carbocycles. The summed E-state index contributed by atoms with van der Waals surface area (Å²) in [6.45, 7) is 2.42. The highest BCUT2D eigenvalue weighted by molar-refractivity contribution is 6.10. The van der Waals surface area contributed by atoms with E-state index in [9.17, 15) is 14.7 Å². The Kier molecular flexibility index (Phi) is 4.52. The van der Waals surface area contributed by atoms with Crippen LogP contribution in [0.4, 0.5) is 5.69 Å². The summed E-state index contributed by atoms with van der Waals surface area (Å²) in [5.74, 6) is 0.211. The van der Waals surface area contributed by atoms with E-state index in [1.807, 2.05) is 37.3 Å². The number of amides is 1. The number of ether oxygens (including phenoxy) is 2. The smallest absolute Gasteiger partial charge is 0.264 e. The molecule has 0 spiro atoms. The van der Waals surface area contributed by atoms with Gasteiger partial charge < -0.3 is 19.5 Å². The zero-order valence-electron chi connectivity index (χ0n) is 17.0. The maximum Gasteiger partial charge on any atom is 0.264 e. The molecule has 156 valence electrons. The zero-order valence-corrected chi connectivity index (χ0v) is 17.0. The fourth-order valence-electron chi connectivity index (χ4n) is 4.11. The standard InChI is InChI=1S/C25H21NO5/c1-16-6-8-17(9-7-16)14-26-20-5-3-2-4-19(20)25(29,24(26)28)13-21(27)18-10-11-22-23(12-18)31-15-30-22/h2-12,29H,13-15H2,1H3/t25-/m1/s1. The van der Waals surface area contributed by atoms with Crippen LogP contribution in [0.25, 0.3) is 0 Å². The van der Waals surface area contributed by atoms with Gasteiger partial charge in [0.15, 0.2) is 22.9 Å². The van der Waals surface area contributed by atoms with Crippen LogP contribution in [0, 0.1) is 6.92 Å². The van der Waals surface area contributed by atoms with Crippen LogP contribution >= 0.6 is 0 Å². The SMILES string of the molecule is Cc1ccc(CN2C(=O)[C@@](O)(CC(=O)c3ccc4c(c3)OCO4)c3ccccc32)cc1. The lowest BCUT2D eigenvalue weighted by Crippen LogP contribution is -2.41. The molecule has 0 bridgehead atoms. The van der Waals surface area contributed by atoms with Crippen molar-refractivity contribution in [3.8, 4) is 11.5 Å². The number of rotatable bonds is 5. The van der Waals surface area contributed by atoms with Gasteiger partial charge in [0, 0.05) is 11.1 Å². The lowest BCUT2D eigenvalue weighted by Gasteiger charge is -2.23. The summed E-state index contributed by atoms with van der Waals surface area (Å²) in [5, 5.41) is 11.5. The molecule has 2 heterocycles. The lowest BCUT2D eigenvalue weighted by atomic mass is 9.88. The van der Waals surface area contributed by atoms with Crippen molar-refractivity contribution < 1.29 is 24.2 Å². The van der Waals surface area contributed by atoms with E-state index in [1.54, 1.807) is 41.3 Å². The summed E-state index contributed by atoms with van der Waals surface area (Å²) in [7, 11) is 0. The van der Waals surface area contributed by atoms with Crippen molar-refractivity contribution >= 4 is 17.4 Å². The summed E-state index contributed by atoms with van der Waals surface area (Å²) in [4.78, 5) is 28.0. The second-order valence-electron chi connectivity index (χ2n) is 7.92. The monoisotopic (exact) mass is 415 g/mol. The van der Waals surface area contributed by atoms with Gasteiger partial charge in [-0.3, -0.25) is 9.59 Å². The highest BCUT2D eigenvalue weighted by atomic mass is 16.7. The molecule has 31 heavy (non-hydrogen) atoms. The quantitative estimate of drug-likeness (QED) is 0.643. The molecule has 0 saturated carbocycles. The lowest BCUT2D eigenvalue weighted by molar-refractivity contribution is -0.136. The molecule has 6 nitrogen and oxygen atoms in total. The Labute approximate surface area is 179 Å². The van der Waals surface area contributed by atoms with Crippen LogP contribution in [0.3, 0.4) is 0 Å². The van der Waals surface area contributed by atoms with Gasteiger partial charge in [0.25, 0.3) is 5.91 Å². The molecule has 0 saturated heterocycles. The molecule has 0 aromatic heterocycles. The Bertz CT molecular complexity index is 1190. The molecule has 1 amide bonds. The number of para-hydroxylation sites is 1. The molecule has 3 aromatic carbocycles. The van der Waals surface area contributed by atoms with Crippen molar-refractivity contribution in [2.75, 3.05) is 11.7 Å². The fourth-order valence-corrected chi connectivity index (χ4v) is 4.11. The number of ketones is 1. The van der Waals surface area contributed by atoms with Gasteiger partial charge in [0.2, 0.25) is 6.79 Å². The number of Topliss-reactive ketones (excluding diaryl/α,β-unsaturated/α-hetero) is 1. The van der Waals surface area contributed by atoms with E-state index in [0.29, 0.717) is 34.9 Å². The topological polar surface area (TPSA) is 76.1 Å². The maximum absolute atomic E-state index is 13.4. The van der Waals surface area contributed by atoms with E-state index in [2.05, 4.69) is 0 Å². The minimum atomic E-state index is -1.92. The molecule has 0 fully saturated rings. The molecule has 2 aliphatic rings. The first-order valence-electron chi connectivity index (χ1n) is 10.1. The molecule has 1 N–H and O–H groups in total. The number of anilines is 1. The first-order valence-corrected chi connectivity index (χ1v) is 10.1. The van der Waals surface area contributed by atoms with E-state index in [0.717, 1.165) is 11.1 Å². The maximum atomic E-state index is 13.4. The first-order chi connectivity index (χ1) is 15.0. The molecule has 5 rings (SSSR count). The number of nitrogens with zero attached hydrogens (tertiary/aromatic N) is 1. The van der Waals surface area contributed by atoms with Crippen LogP contribution in [0.1, 0.15) is 33.5 Å². The molecule has 1 atom stereocenters. The molecule has 0 radical (unpaired) electrons. The van der Waals surface area contributed by atoms with Gasteiger partial charge in [-0.15, -0.1) is 0 Å². The molecule has 3 aromatic rings. The van der Waals surface area contributed by atoms with E-state index >= 15 is 0 Å². The van der Waals surface area contributed by atoms with Gasteiger partial charge in [0.1, 0.15) is 0 Å². The van der Waals surface area contributed by atoms with Gasteiger partial charge >= 0.3 is 0 Å². The fraction of sp³-hybridized carbons (Fsp3) is 0.200. The van der Waals surface area contributed by atoms with Gasteiger partial charge in [-0.1, -0.05) is 48.0 Å². The molecular formula is C25H21NO5. The average molecular weight is 415 g/mol. The van der Waals surface area contributed by atoms with Crippen LogP contribution in [0.2, 0.25) is 0 Å².